The first kappa shape index (κ1) is 19.3. The molecule has 2 aromatic carbocycles. The largest absolute Gasteiger partial charge is 0.269 e. The van der Waals surface area contributed by atoms with E-state index in [0.717, 1.165) is 11.3 Å². The number of halogens is 1. The number of nitrogens with zero attached hydrogens (tertiary/aromatic N) is 6. The van der Waals surface area contributed by atoms with Gasteiger partial charge in [-0.15, -0.1) is 16.4 Å². The number of hydrogen-bond acceptors (Lipinski definition) is 8. The molecule has 0 saturated heterocycles. The molecular weight excluding hydrogens is 409 g/mol. The molecule has 2 aromatic heterocycles. The van der Waals surface area contributed by atoms with Crippen LogP contribution in [0.3, 0.4) is 0 Å². The highest BCUT2D eigenvalue weighted by atomic mass is 32.1. The van der Waals surface area contributed by atoms with Crippen molar-refractivity contribution in [2.24, 2.45) is 5.10 Å². The quantitative estimate of drug-likeness (QED) is 0.283. The van der Waals surface area contributed by atoms with Crippen LogP contribution in [-0.4, -0.2) is 31.1 Å². The summed E-state index contributed by atoms with van der Waals surface area (Å²) in [5, 5.41) is 25.6. The van der Waals surface area contributed by atoms with Crippen molar-refractivity contribution in [3.05, 3.63) is 81.1 Å². The number of benzene rings is 2. The van der Waals surface area contributed by atoms with Gasteiger partial charge in [-0.25, -0.2) is 14.1 Å². The van der Waals surface area contributed by atoms with Crippen molar-refractivity contribution in [2.45, 2.75) is 6.92 Å². The highest BCUT2D eigenvalue weighted by Crippen LogP contribution is 2.27. The van der Waals surface area contributed by atoms with Crippen LogP contribution in [0.15, 0.2) is 59.0 Å². The molecule has 4 rings (SSSR count). The minimum atomic E-state index is -0.453. The van der Waals surface area contributed by atoms with Crippen LogP contribution in [0.25, 0.3) is 17.1 Å². The molecule has 0 aliphatic rings. The Morgan fingerprint density at radius 3 is 2.63 bits per heavy atom. The van der Waals surface area contributed by atoms with Gasteiger partial charge in [0.25, 0.3) is 5.69 Å². The molecule has 0 atom stereocenters. The minimum absolute atomic E-state index is 0.00755. The van der Waals surface area contributed by atoms with E-state index in [0.29, 0.717) is 22.2 Å². The van der Waals surface area contributed by atoms with Gasteiger partial charge in [0.1, 0.15) is 17.2 Å². The molecule has 0 radical (unpaired) electrons. The molecule has 150 valence electrons. The van der Waals surface area contributed by atoms with Crippen LogP contribution in [0.4, 0.5) is 15.2 Å². The highest BCUT2D eigenvalue weighted by Gasteiger charge is 2.16. The Morgan fingerprint density at radius 2 is 1.93 bits per heavy atom. The van der Waals surface area contributed by atoms with Crippen molar-refractivity contribution in [3.63, 3.8) is 0 Å². The topological polar surface area (TPSA) is 111 Å². The average Bonchev–Trinajstić information content (AvgIpc) is 3.36. The van der Waals surface area contributed by atoms with E-state index in [1.807, 2.05) is 12.3 Å². The molecule has 0 unspecified atom stereocenters. The molecule has 0 aliphatic carbocycles. The van der Waals surface area contributed by atoms with Crippen LogP contribution in [0.2, 0.25) is 0 Å². The second-order valence-electron chi connectivity index (χ2n) is 6.17. The van der Waals surface area contributed by atoms with Crippen molar-refractivity contribution < 1.29 is 9.31 Å². The fourth-order valence-corrected chi connectivity index (χ4v) is 3.32. The van der Waals surface area contributed by atoms with Gasteiger partial charge in [0.15, 0.2) is 0 Å². The zero-order valence-electron chi connectivity index (χ0n) is 15.6. The van der Waals surface area contributed by atoms with Gasteiger partial charge < -0.3 is 0 Å². The molecule has 0 spiro atoms. The number of hydrazone groups is 1. The Balaban J connectivity index is 1.49. The Morgan fingerprint density at radius 1 is 1.20 bits per heavy atom. The van der Waals surface area contributed by atoms with E-state index < -0.39 is 4.92 Å². The number of thiazole rings is 1. The molecule has 0 aliphatic heterocycles. The summed E-state index contributed by atoms with van der Waals surface area (Å²) in [4.78, 5) is 14.8. The molecular formula is C19H14FN7O2S. The summed E-state index contributed by atoms with van der Waals surface area (Å²) in [7, 11) is 0. The molecule has 11 heteroatoms. The number of rotatable bonds is 6. The van der Waals surface area contributed by atoms with Crippen LogP contribution >= 0.6 is 11.3 Å². The predicted octanol–water partition coefficient (Wildman–Crippen LogP) is 4.19. The van der Waals surface area contributed by atoms with E-state index in [2.05, 4.69) is 25.8 Å². The Labute approximate surface area is 173 Å². The van der Waals surface area contributed by atoms with Gasteiger partial charge in [0, 0.05) is 17.5 Å². The third-order valence-corrected chi connectivity index (χ3v) is 4.94. The van der Waals surface area contributed by atoms with Crippen LogP contribution in [0.1, 0.15) is 11.3 Å². The SMILES string of the molecule is Cc1c(-c2csc(N/N=C/c3ccc(F)cc3)n2)nnn1-c1ccc([N+](=O)[O-])cc1. The van der Waals surface area contributed by atoms with E-state index in [1.165, 1.54) is 35.6 Å². The van der Waals surface area contributed by atoms with Gasteiger partial charge in [-0.3, -0.25) is 15.5 Å². The zero-order chi connectivity index (χ0) is 21.1. The van der Waals surface area contributed by atoms with Crippen LogP contribution in [-0.2, 0) is 0 Å². The second kappa shape index (κ2) is 8.17. The first-order valence-electron chi connectivity index (χ1n) is 8.69. The Bertz CT molecular complexity index is 1220. The maximum Gasteiger partial charge on any atom is 0.269 e. The molecule has 0 fully saturated rings. The highest BCUT2D eigenvalue weighted by molar-refractivity contribution is 7.14. The summed E-state index contributed by atoms with van der Waals surface area (Å²) >= 11 is 1.35. The molecule has 1 N–H and O–H groups in total. The lowest BCUT2D eigenvalue weighted by Gasteiger charge is -2.02. The Kier molecular flexibility index (Phi) is 5.26. The van der Waals surface area contributed by atoms with Gasteiger partial charge in [-0.05, 0) is 36.8 Å². The lowest BCUT2D eigenvalue weighted by atomic mass is 10.2. The molecule has 0 amide bonds. The predicted molar refractivity (Wildman–Crippen MR) is 111 cm³/mol. The van der Waals surface area contributed by atoms with Gasteiger partial charge in [0.2, 0.25) is 5.13 Å². The molecule has 9 nitrogen and oxygen atoms in total. The molecule has 0 bridgehead atoms. The van der Waals surface area contributed by atoms with Crippen molar-refractivity contribution in [3.8, 4) is 17.1 Å². The summed E-state index contributed by atoms with van der Waals surface area (Å²) in [5.41, 5.74) is 6.23. The summed E-state index contributed by atoms with van der Waals surface area (Å²) in [6.45, 7) is 1.84. The number of nitrogens with one attached hydrogen (secondary N) is 1. The minimum Gasteiger partial charge on any atom is -0.258 e. The van der Waals surface area contributed by atoms with Gasteiger partial charge in [0.05, 0.1) is 22.5 Å². The fraction of sp³-hybridized carbons (Fsp3) is 0.0526. The van der Waals surface area contributed by atoms with E-state index >= 15 is 0 Å². The molecule has 30 heavy (non-hydrogen) atoms. The average molecular weight is 423 g/mol. The zero-order valence-corrected chi connectivity index (χ0v) is 16.4. The maximum absolute atomic E-state index is 12.9. The fourth-order valence-electron chi connectivity index (χ4n) is 2.67. The van der Waals surface area contributed by atoms with Crippen molar-refractivity contribution in [2.75, 3.05) is 5.43 Å². The van der Waals surface area contributed by atoms with E-state index in [9.17, 15) is 14.5 Å². The third-order valence-electron chi connectivity index (χ3n) is 4.19. The van der Waals surface area contributed by atoms with Crippen molar-refractivity contribution in [1.29, 1.82) is 0 Å². The first-order chi connectivity index (χ1) is 14.5. The van der Waals surface area contributed by atoms with Gasteiger partial charge in [-0.1, -0.05) is 17.3 Å². The Hall–Kier alpha value is -3.99. The number of nitro benzene ring substituents is 1. The van der Waals surface area contributed by atoms with Crippen molar-refractivity contribution >= 4 is 28.4 Å². The van der Waals surface area contributed by atoms with Crippen LogP contribution in [0, 0.1) is 22.9 Å². The van der Waals surface area contributed by atoms with Gasteiger partial charge >= 0.3 is 0 Å². The number of anilines is 1. The van der Waals surface area contributed by atoms with Gasteiger partial charge in [-0.2, -0.15) is 5.10 Å². The number of aromatic nitrogens is 4. The summed E-state index contributed by atoms with van der Waals surface area (Å²) < 4.78 is 14.5. The third kappa shape index (κ3) is 4.05. The summed E-state index contributed by atoms with van der Waals surface area (Å²) in [6, 6.07) is 12.0. The van der Waals surface area contributed by atoms with Crippen molar-refractivity contribution in [1.82, 2.24) is 20.0 Å². The van der Waals surface area contributed by atoms with Crippen LogP contribution < -0.4 is 5.43 Å². The normalized spacial score (nSPS) is 11.1. The summed E-state index contributed by atoms with van der Waals surface area (Å²) in [6.07, 6.45) is 1.57. The van der Waals surface area contributed by atoms with E-state index in [-0.39, 0.29) is 11.5 Å². The molecule has 4 aromatic rings. The smallest absolute Gasteiger partial charge is 0.258 e. The number of non-ortho nitro benzene ring substituents is 1. The lowest BCUT2D eigenvalue weighted by molar-refractivity contribution is -0.384. The first-order valence-corrected chi connectivity index (χ1v) is 9.57. The van der Waals surface area contributed by atoms with E-state index in [1.54, 1.807) is 35.2 Å². The monoisotopic (exact) mass is 423 g/mol. The lowest BCUT2D eigenvalue weighted by Crippen LogP contribution is -1.99. The maximum atomic E-state index is 12.9. The number of nitro groups is 1. The standard InChI is InChI=1S/C19H14FN7O2S/c1-12-18(23-25-26(12)15-6-8-16(9-7-15)27(28)29)17-11-30-19(22-17)24-21-10-13-2-4-14(20)5-3-13/h2-11H,1H3,(H,22,24)/b21-10+. The number of hydrogen-bond donors (Lipinski definition) is 1. The summed E-state index contributed by atoms with van der Waals surface area (Å²) in [5.74, 6) is -0.304. The van der Waals surface area contributed by atoms with Crippen LogP contribution in [0.5, 0.6) is 0 Å². The second-order valence-corrected chi connectivity index (χ2v) is 7.03. The molecule has 0 saturated carbocycles. The van der Waals surface area contributed by atoms with E-state index in [4.69, 9.17) is 0 Å². The molecule has 2 heterocycles.